The standard InChI is InChI=1S/C12H17BN2O3.C11H15BN2O5S.CH5N/c1-7-9(12(2,3)11(17)18)10(16)8(14-6-13)5-15(7)4;1-6-8(11(2,3)10(16)17)9(15)7(5-14(6)4)13-19-12-20-18;1-2/h5,14H,6H2,1-4H3,(H,17,18);5,13H,1-4H3,(H,16,17);2H2,1H3. The zero-order chi connectivity index (χ0) is 31.6. The molecule has 218 valence electrons. The van der Waals surface area contributed by atoms with E-state index < -0.39 is 28.2 Å². The number of aromatic nitrogens is 2. The van der Waals surface area contributed by atoms with Crippen LogP contribution in [-0.4, -0.2) is 63.2 Å². The summed E-state index contributed by atoms with van der Waals surface area (Å²) in [5.74, 6) is -2.13. The van der Waals surface area contributed by atoms with Crippen molar-refractivity contribution < 1.29 is 28.8 Å². The maximum absolute atomic E-state index is 12.4. The third-order valence-electron chi connectivity index (χ3n) is 6.24. The van der Waals surface area contributed by atoms with Gasteiger partial charge in [-0.15, -0.1) is 0 Å². The van der Waals surface area contributed by atoms with Crippen LogP contribution in [0.5, 0.6) is 0 Å². The van der Waals surface area contributed by atoms with Gasteiger partial charge in [0.1, 0.15) is 0 Å². The Kier molecular flexibility index (Phi) is 14.0. The summed E-state index contributed by atoms with van der Waals surface area (Å²) in [5, 5.41) is 21.3. The van der Waals surface area contributed by atoms with Gasteiger partial charge in [0.05, 0.1) is 18.9 Å². The van der Waals surface area contributed by atoms with E-state index in [-0.39, 0.29) is 39.8 Å². The van der Waals surface area contributed by atoms with E-state index in [0.717, 1.165) is 6.36 Å². The number of pyridine rings is 2. The number of rotatable bonds is 9. The van der Waals surface area contributed by atoms with Gasteiger partial charge in [-0.25, -0.2) is 0 Å². The fourth-order valence-electron chi connectivity index (χ4n) is 3.75. The summed E-state index contributed by atoms with van der Waals surface area (Å²) in [6, 6.07) is 0. The largest absolute Gasteiger partial charge is 0.481 e. The van der Waals surface area contributed by atoms with Crippen molar-refractivity contribution in [3.8, 4) is 0 Å². The summed E-state index contributed by atoms with van der Waals surface area (Å²) in [7, 11) is 10.3. The molecule has 2 radical (unpaired) electrons. The molecule has 0 amide bonds. The van der Waals surface area contributed by atoms with E-state index in [0.29, 0.717) is 17.1 Å². The van der Waals surface area contributed by atoms with Crippen molar-refractivity contribution in [3.05, 3.63) is 55.4 Å². The Balaban J connectivity index is 0.000000719. The first-order valence-electron chi connectivity index (χ1n) is 11.9. The third kappa shape index (κ3) is 8.26. The minimum absolute atomic E-state index is 0.0627. The molecule has 16 heteroatoms. The molecule has 0 saturated carbocycles. The molecular formula is C24H37B2N5O8S. The topological polar surface area (TPSA) is 195 Å². The molecule has 40 heavy (non-hydrogen) atoms. The number of aryl methyl sites for hydroxylation is 2. The molecule has 2 aromatic heterocycles. The van der Waals surface area contributed by atoms with Gasteiger partial charge < -0.3 is 20.7 Å². The van der Waals surface area contributed by atoms with Gasteiger partial charge in [0.25, 0.3) is 0 Å². The van der Waals surface area contributed by atoms with E-state index in [9.17, 15) is 33.6 Å². The van der Waals surface area contributed by atoms with Crippen LogP contribution >= 0.6 is 0 Å². The Morgan fingerprint density at radius 3 is 1.68 bits per heavy atom. The number of nitrogens with two attached hydrogens (primary N) is 1. The van der Waals surface area contributed by atoms with Crippen molar-refractivity contribution >= 4 is 48.6 Å². The van der Waals surface area contributed by atoms with E-state index in [4.69, 9.17) is 7.85 Å². The number of aliphatic carboxylic acids is 2. The van der Waals surface area contributed by atoms with E-state index in [1.807, 2.05) is 0 Å². The monoisotopic (exact) mass is 577 g/mol. The van der Waals surface area contributed by atoms with Crippen LogP contribution < -0.4 is 27.4 Å². The van der Waals surface area contributed by atoms with Crippen molar-refractivity contribution in [2.24, 2.45) is 19.8 Å². The molecule has 0 saturated heterocycles. The van der Waals surface area contributed by atoms with Crippen LogP contribution in [0.4, 0.5) is 11.4 Å². The van der Waals surface area contributed by atoms with Gasteiger partial charge in [-0.05, 0) is 34.3 Å². The number of nitrogens with zero attached hydrogens (tertiary/aromatic N) is 2. The van der Waals surface area contributed by atoms with Gasteiger partial charge in [-0.3, -0.25) is 9.59 Å². The summed E-state index contributed by atoms with van der Waals surface area (Å²) in [6.45, 7) is 9.36. The van der Waals surface area contributed by atoms with Gasteiger partial charge in [0.15, 0.2) is 0 Å². The third-order valence-corrected chi connectivity index (χ3v) is 6.41. The molecule has 0 atom stereocenters. The van der Waals surface area contributed by atoms with E-state index in [1.165, 1.54) is 40.9 Å². The Bertz CT molecular complexity index is 1400. The van der Waals surface area contributed by atoms with Crippen molar-refractivity contribution in [2.45, 2.75) is 52.4 Å². The number of carboxylic acids is 2. The second-order valence-corrected chi connectivity index (χ2v) is 9.92. The summed E-state index contributed by atoms with van der Waals surface area (Å²) in [5.41, 5.74) is 5.45. The van der Waals surface area contributed by atoms with E-state index in [2.05, 4.69) is 21.3 Å². The second kappa shape index (κ2) is 15.3. The van der Waals surface area contributed by atoms with Crippen molar-refractivity contribution in [3.63, 3.8) is 0 Å². The maximum atomic E-state index is 12.4. The van der Waals surface area contributed by atoms with E-state index >= 15 is 0 Å². The fourth-order valence-corrected chi connectivity index (χ4v) is 3.84. The van der Waals surface area contributed by atoms with Gasteiger partial charge in [-0.2, -0.15) is 0 Å². The molecule has 0 aliphatic rings. The van der Waals surface area contributed by atoms with E-state index in [1.54, 1.807) is 43.3 Å². The zero-order valence-electron chi connectivity index (χ0n) is 24.2. The van der Waals surface area contributed by atoms with Gasteiger partial charge in [-0.1, -0.05) is 0 Å². The van der Waals surface area contributed by atoms with Crippen LogP contribution in [0.1, 0.15) is 50.2 Å². The molecule has 2 aromatic rings. The molecule has 0 unspecified atom stereocenters. The Morgan fingerprint density at radius 1 is 0.950 bits per heavy atom. The van der Waals surface area contributed by atoms with Gasteiger partial charge in [0.2, 0.25) is 5.43 Å². The van der Waals surface area contributed by atoms with Crippen molar-refractivity contribution in [2.75, 3.05) is 24.3 Å². The molecule has 2 heterocycles. The quantitative estimate of drug-likeness (QED) is 0.203. The molecule has 6 N–H and O–H groups in total. The predicted molar refractivity (Wildman–Crippen MR) is 157 cm³/mol. The summed E-state index contributed by atoms with van der Waals surface area (Å²) >= 11 is 0.0860. The van der Waals surface area contributed by atoms with Crippen LogP contribution in [-0.2, 0) is 50.4 Å². The molecule has 0 fully saturated rings. The SMILES string of the molecule is CN.Cc1c(C(C)(C)C(=O)O)c(=O)c(NOB=S=O)cn1C.[B]CNc1cn(C)c(C)c(C(C)(C)C(=O)O)c1=O. The van der Waals surface area contributed by atoms with Crippen LogP contribution in [0, 0.1) is 13.8 Å². The maximum Gasteiger partial charge on any atom is 0.313 e. The Labute approximate surface area is 238 Å². The minimum atomic E-state index is -1.34. The number of hydrogen-bond acceptors (Lipinski definition) is 9. The summed E-state index contributed by atoms with van der Waals surface area (Å²) in [6.07, 6.45) is 4.08. The fraction of sp³-hybridized carbons (Fsp3) is 0.500. The Hall–Kier alpha value is -3.49. The molecule has 0 spiro atoms. The number of anilines is 2. The molecule has 13 nitrogen and oxygen atoms in total. The Morgan fingerprint density at radius 2 is 1.32 bits per heavy atom. The first kappa shape index (κ1) is 36.5. The molecule has 0 aliphatic carbocycles. The molecular weight excluding hydrogens is 540 g/mol. The molecule has 0 aliphatic heterocycles. The first-order chi connectivity index (χ1) is 18.5. The van der Waals surface area contributed by atoms with Crippen LogP contribution in [0.15, 0.2) is 22.0 Å². The molecule has 0 bridgehead atoms. The molecule has 0 aromatic carbocycles. The number of hydrogen-bond donors (Lipinski definition) is 5. The minimum Gasteiger partial charge on any atom is -0.481 e. The zero-order valence-corrected chi connectivity index (χ0v) is 25.1. The van der Waals surface area contributed by atoms with Gasteiger partial charge in [0, 0.05) is 24.5 Å². The molecule has 2 rings (SSSR count). The summed E-state index contributed by atoms with van der Waals surface area (Å²) in [4.78, 5) is 47.3. The average molecular weight is 577 g/mol. The number of carbonyl (C=O) groups is 2. The normalized spacial score (nSPS) is 10.7. The van der Waals surface area contributed by atoms with Crippen LogP contribution in [0.25, 0.3) is 0 Å². The second-order valence-electron chi connectivity index (χ2n) is 9.54. The van der Waals surface area contributed by atoms with Crippen LogP contribution in [0.2, 0.25) is 0 Å². The predicted octanol–water partition coefficient (Wildman–Crippen LogP) is 0.315. The van der Waals surface area contributed by atoms with Crippen molar-refractivity contribution in [1.29, 1.82) is 0 Å². The van der Waals surface area contributed by atoms with Crippen molar-refractivity contribution in [1.82, 2.24) is 9.13 Å². The average Bonchev–Trinajstić information content (AvgIpc) is 2.87. The van der Waals surface area contributed by atoms with Crippen LogP contribution in [0.3, 0.4) is 0 Å². The summed E-state index contributed by atoms with van der Waals surface area (Å²) < 4.78 is 18.2. The number of nitrogens with one attached hydrogen (secondary N) is 2. The first-order valence-corrected chi connectivity index (χ1v) is 12.7. The number of carboxylic acid groups (broad SMARTS) is 2. The van der Waals surface area contributed by atoms with Gasteiger partial charge >= 0.3 is 125 Å². The smallest absolute Gasteiger partial charge is 0.313 e.